The molecule has 7 heteroatoms. The van der Waals surface area contributed by atoms with Gasteiger partial charge >= 0.3 is 5.97 Å². The number of carbonyl (C=O) groups excluding carboxylic acids is 1. The molecule has 114 valence electrons. The molecule has 22 heavy (non-hydrogen) atoms. The predicted octanol–water partition coefficient (Wildman–Crippen LogP) is 1.67. The molecule has 0 fully saturated rings. The molecule has 2 N–H and O–H groups in total. The molecule has 0 aliphatic carbocycles. The van der Waals surface area contributed by atoms with Gasteiger partial charge in [-0.25, -0.2) is 9.78 Å². The van der Waals surface area contributed by atoms with Crippen LogP contribution in [0, 0.1) is 0 Å². The molecule has 0 saturated carbocycles. The third-order valence-corrected chi connectivity index (χ3v) is 3.56. The fraction of sp³-hybridized carbons (Fsp3) is 0.267. The number of nitrogens with zero attached hydrogens (tertiary/aromatic N) is 1. The molecule has 0 saturated heterocycles. The lowest BCUT2D eigenvalue weighted by Crippen LogP contribution is -2.43. The quantitative estimate of drug-likeness (QED) is 0.656. The Hall–Kier alpha value is -2.41. The minimum Gasteiger partial charge on any atom is -0.462 e. The van der Waals surface area contributed by atoms with Crippen molar-refractivity contribution in [3.63, 3.8) is 0 Å². The Morgan fingerprint density at radius 1 is 1.45 bits per heavy atom. The van der Waals surface area contributed by atoms with Crippen molar-refractivity contribution < 1.29 is 13.9 Å². The van der Waals surface area contributed by atoms with Crippen LogP contribution in [0.25, 0.3) is 11.1 Å². The summed E-state index contributed by atoms with van der Waals surface area (Å²) in [6, 6.07) is 7.52. The molecule has 0 spiro atoms. The minimum atomic E-state index is -0.365. The highest BCUT2D eigenvalue weighted by molar-refractivity contribution is 7.80. The number of ether oxygens (including phenoxy) is 1. The van der Waals surface area contributed by atoms with E-state index in [9.17, 15) is 4.79 Å². The number of nitrogens with one attached hydrogen (secondary N) is 2. The Labute approximate surface area is 132 Å². The van der Waals surface area contributed by atoms with E-state index >= 15 is 0 Å². The van der Waals surface area contributed by atoms with Gasteiger partial charge in [-0.1, -0.05) is 12.1 Å². The van der Waals surface area contributed by atoms with Gasteiger partial charge in [0, 0.05) is 5.70 Å². The van der Waals surface area contributed by atoms with E-state index in [0.717, 1.165) is 16.8 Å². The topological polar surface area (TPSA) is 76.4 Å². The fourth-order valence-electron chi connectivity index (χ4n) is 2.16. The van der Waals surface area contributed by atoms with Gasteiger partial charge in [-0.2, -0.15) is 0 Å². The number of fused-ring (bicyclic) bond motifs is 1. The average molecular weight is 317 g/mol. The molecule has 1 aliphatic heterocycles. The standard InChI is InChI=1S/C15H15N3O3S/c1-9-10(8-16-15(22)17-9)14(19)20-7-6-13-18-11-4-2-3-5-12(11)21-13/h2-5H,6-8H2,1H3,(H2,16,17,22). The van der Waals surface area contributed by atoms with Crippen molar-refractivity contribution in [2.75, 3.05) is 13.2 Å². The van der Waals surface area contributed by atoms with Gasteiger partial charge in [-0.3, -0.25) is 0 Å². The first-order valence-corrected chi connectivity index (χ1v) is 7.30. The largest absolute Gasteiger partial charge is 0.462 e. The lowest BCUT2D eigenvalue weighted by Gasteiger charge is -2.20. The zero-order chi connectivity index (χ0) is 15.5. The summed E-state index contributed by atoms with van der Waals surface area (Å²) in [5, 5.41) is 6.32. The van der Waals surface area contributed by atoms with E-state index in [1.807, 2.05) is 24.3 Å². The van der Waals surface area contributed by atoms with E-state index in [1.54, 1.807) is 6.92 Å². The molecule has 2 heterocycles. The minimum absolute atomic E-state index is 0.215. The first-order valence-electron chi connectivity index (χ1n) is 6.89. The summed E-state index contributed by atoms with van der Waals surface area (Å²) >= 11 is 4.98. The molecule has 1 aromatic carbocycles. The van der Waals surface area contributed by atoms with E-state index in [1.165, 1.54) is 0 Å². The van der Waals surface area contributed by atoms with Crippen LogP contribution in [0.2, 0.25) is 0 Å². The van der Waals surface area contributed by atoms with E-state index in [0.29, 0.717) is 29.5 Å². The highest BCUT2D eigenvalue weighted by Crippen LogP contribution is 2.15. The highest BCUT2D eigenvalue weighted by atomic mass is 32.1. The normalized spacial score (nSPS) is 14.7. The highest BCUT2D eigenvalue weighted by Gasteiger charge is 2.19. The van der Waals surface area contributed by atoms with Crippen LogP contribution < -0.4 is 10.6 Å². The van der Waals surface area contributed by atoms with Crippen molar-refractivity contribution in [1.82, 2.24) is 15.6 Å². The van der Waals surface area contributed by atoms with Gasteiger partial charge in [0.2, 0.25) is 0 Å². The maximum atomic E-state index is 12.0. The van der Waals surface area contributed by atoms with E-state index in [-0.39, 0.29) is 12.6 Å². The summed E-state index contributed by atoms with van der Waals surface area (Å²) in [5.41, 5.74) is 2.80. The first-order chi connectivity index (χ1) is 10.6. The van der Waals surface area contributed by atoms with Crippen molar-refractivity contribution in [3.8, 4) is 0 Å². The zero-order valence-electron chi connectivity index (χ0n) is 12.0. The molecule has 0 bridgehead atoms. The van der Waals surface area contributed by atoms with Crippen molar-refractivity contribution in [1.29, 1.82) is 0 Å². The Morgan fingerprint density at radius 3 is 3.05 bits per heavy atom. The summed E-state index contributed by atoms with van der Waals surface area (Å²) < 4.78 is 10.8. The van der Waals surface area contributed by atoms with Gasteiger partial charge in [-0.05, 0) is 31.3 Å². The van der Waals surface area contributed by atoms with Crippen LogP contribution in [0.3, 0.4) is 0 Å². The summed E-state index contributed by atoms with van der Waals surface area (Å²) in [7, 11) is 0. The van der Waals surface area contributed by atoms with Crippen molar-refractivity contribution in [3.05, 3.63) is 41.4 Å². The van der Waals surface area contributed by atoms with E-state index < -0.39 is 0 Å². The molecular weight excluding hydrogens is 302 g/mol. The monoisotopic (exact) mass is 317 g/mol. The Bertz CT molecular complexity index is 733. The van der Waals surface area contributed by atoms with Crippen molar-refractivity contribution >= 4 is 34.4 Å². The molecule has 0 amide bonds. The number of hydrogen-bond donors (Lipinski definition) is 2. The Balaban J connectivity index is 1.57. The second-order valence-electron chi connectivity index (χ2n) is 4.87. The van der Waals surface area contributed by atoms with Gasteiger partial charge in [0.15, 0.2) is 16.6 Å². The summed E-state index contributed by atoms with van der Waals surface area (Å²) in [6.45, 7) is 2.39. The van der Waals surface area contributed by atoms with Crippen LogP contribution in [0.15, 0.2) is 40.0 Å². The first kappa shape index (κ1) is 14.5. The molecule has 1 aromatic heterocycles. The van der Waals surface area contributed by atoms with Crippen LogP contribution in [0.1, 0.15) is 12.8 Å². The van der Waals surface area contributed by atoms with Gasteiger partial charge in [0.1, 0.15) is 12.1 Å². The molecule has 2 aromatic rings. The number of allylic oxidation sites excluding steroid dienone is 1. The predicted molar refractivity (Wildman–Crippen MR) is 85.1 cm³/mol. The fourth-order valence-corrected chi connectivity index (χ4v) is 2.39. The van der Waals surface area contributed by atoms with Gasteiger partial charge < -0.3 is 19.8 Å². The SMILES string of the molecule is CC1=C(C(=O)OCCc2nc3ccccc3o2)CNC(=S)N1. The van der Waals surface area contributed by atoms with Crippen LogP contribution in [0.5, 0.6) is 0 Å². The van der Waals surface area contributed by atoms with Crippen LogP contribution in [-0.4, -0.2) is 29.2 Å². The number of oxazole rings is 1. The van der Waals surface area contributed by atoms with Crippen LogP contribution in [0.4, 0.5) is 0 Å². The number of esters is 1. The number of carbonyl (C=O) groups is 1. The summed E-state index contributed by atoms with van der Waals surface area (Å²) in [4.78, 5) is 16.4. The second kappa shape index (κ2) is 6.15. The number of aromatic nitrogens is 1. The molecule has 0 atom stereocenters. The zero-order valence-corrected chi connectivity index (χ0v) is 12.8. The molecule has 1 aliphatic rings. The maximum absolute atomic E-state index is 12.0. The number of hydrogen-bond acceptors (Lipinski definition) is 5. The number of benzene rings is 1. The molecule has 6 nitrogen and oxygen atoms in total. The molecule has 0 unspecified atom stereocenters. The van der Waals surface area contributed by atoms with Gasteiger partial charge in [-0.15, -0.1) is 0 Å². The van der Waals surface area contributed by atoms with Crippen LogP contribution >= 0.6 is 12.2 Å². The number of rotatable bonds is 4. The average Bonchev–Trinajstić information content (AvgIpc) is 2.89. The molecule has 0 radical (unpaired) electrons. The molecule has 3 rings (SSSR count). The van der Waals surface area contributed by atoms with E-state index in [2.05, 4.69) is 15.6 Å². The lowest BCUT2D eigenvalue weighted by molar-refractivity contribution is -0.139. The van der Waals surface area contributed by atoms with Gasteiger partial charge in [0.25, 0.3) is 0 Å². The number of thiocarbonyl (C=S) groups is 1. The maximum Gasteiger partial charge on any atom is 0.337 e. The summed E-state index contributed by atoms with van der Waals surface area (Å²) in [6.07, 6.45) is 0.437. The third-order valence-electron chi connectivity index (χ3n) is 3.31. The Morgan fingerprint density at radius 2 is 2.27 bits per heavy atom. The number of para-hydroxylation sites is 2. The van der Waals surface area contributed by atoms with Crippen LogP contribution in [-0.2, 0) is 16.0 Å². The molecular formula is C15H15N3O3S. The van der Waals surface area contributed by atoms with E-state index in [4.69, 9.17) is 21.4 Å². The Kier molecular flexibility index (Phi) is 4.06. The summed E-state index contributed by atoms with van der Waals surface area (Å²) in [5.74, 6) is 0.192. The lowest BCUT2D eigenvalue weighted by atomic mass is 10.2. The smallest absolute Gasteiger partial charge is 0.337 e. The van der Waals surface area contributed by atoms with Crippen molar-refractivity contribution in [2.24, 2.45) is 0 Å². The second-order valence-corrected chi connectivity index (χ2v) is 5.28. The van der Waals surface area contributed by atoms with Crippen molar-refractivity contribution in [2.45, 2.75) is 13.3 Å². The van der Waals surface area contributed by atoms with Gasteiger partial charge in [0.05, 0.1) is 18.5 Å². The third kappa shape index (κ3) is 3.09.